The smallest absolute Gasteiger partial charge is 0.325 e. The molecule has 0 saturated carbocycles. The maximum absolute atomic E-state index is 11.6. The molecule has 0 aromatic rings. The van der Waals surface area contributed by atoms with Gasteiger partial charge in [-0.2, -0.15) is 0 Å². The summed E-state index contributed by atoms with van der Waals surface area (Å²) in [7, 11) is 3.39. The first-order chi connectivity index (χ1) is 8.56. The molecule has 1 rings (SSSR count). The van der Waals surface area contributed by atoms with Crippen molar-refractivity contribution in [2.75, 3.05) is 20.8 Å². The molecular formula is C14H27NO3. The maximum Gasteiger partial charge on any atom is 0.325 e. The zero-order chi connectivity index (χ0) is 13.7. The van der Waals surface area contributed by atoms with Gasteiger partial charge in [-0.3, -0.25) is 9.69 Å². The number of likely N-dealkylation sites (N-methyl/N-ethyl adjacent to an activating group) is 1. The van der Waals surface area contributed by atoms with Crippen LogP contribution in [0.1, 0.15) is 40.0 Å². The van der Waals surface area contributed by atoms with E-state index in [1.165, 1.54) is 7.11 Å². The number of carbonyl (C=O) groups excluding carboxylic acids is 1. The van der Waals surface area contributed by atoms with Crippen LogP contribution >= 0.6 is 0 Å². The standard InChI is InChI=1S/C14H27NO3/c1-6-8-11(10(3)7-2)13-15(4)12(9-18-13)14(16)17-5/h10-13H,6-9H2,1-5H3. The largest absolute Gasteiger partial charge is 0.468 e. The van der Waals surface area contributed by atoms with Crippen LogP contribution in [-0.2, 0) is 14.3 Å². The molecular weight excluding hydrogens is 230 g/mol. The third kappa shape index (κ3) is 3.23. The van der Waals surface area contributed by atoms with Crippen LogP contribution in [-0.4, -0.2) is 43.9 Å². The topological polar surface area (TPSA) is 38.8 Å². The molecule has 106 valence electrons. The first-order valence-corrected chi connectivity index (χ1v) is 6.98. The van der Waals surface area contributed by atoms with E-state index in [1.807, 2.05) is 11.9 Å². The lowest BCUT2D eigenvalue weighted by molar-refractivity contribution is -0.145. The van der Waals surface area contributed by atoms with Crippen LogP contribution in [0, 0.1) is 11.8 Å². The molecule has 0 spiro atoms. The van der Waals surface area contributed by atoms with Crippen molar-refractivity contribution in [3.8, 4) is 0 Å². The lowest BCUT2D eigenvalue weighted by atomic mass is 9.86. The maximum atomic E-state index is 11.6. The van der Waals surface area contributed by atoms with Gasteiger partial charge in [0.25, 0.3) is 0 Å². The second kappa shape index (κ2) is 7.10. The summed E-state index contributed by atoms with van der Waals surface area (Å²) in [4.78, 5) is 13.7. The Morgan fingerprint density at radius 1 is 1.50 bits per heavy atom. The molecule has 4 unspecified atom stereocenters. The molecule has 1 aliphatic rings. The van der Waals surface area contributed by atoms with Gasteiger partial charge in [0, 0.05) is 5.92 Å². The molecule has 0 aromatic heterocycles. The number of hydrogen-bond donors (Lipinski definition) is 0. The highest BCUT2D eigenvalue weighted by atomic mass is 16.5. The number of nitrogens with zero attached hydrogens (tertiary/aromatic N) is 1. The number of ether oxygens (including phenoxy) is 2. The number of hydrogen-bond acceptors (Lipinski definition) is 4. The highest BCUT2D eigenvalue weighted by Crippen LogP contribution is 2.31. The Balaban J connectivity index is 2.73. The molecule has 1 heterocycles. The van der Waals surface area contributed by atoms with Crippen LogP contribution in [0.15, 0.2) is 0 Å². The van der Waals surface area contributed by atoms with Crippen LogP contribution in [0.3, 0.4) is 0 Å². The van der Waals surface area contributed by atoms with Gasteiger partial charge in [0.2, 0.25) is 0 Å². The summed E-state index contributed by atoms with van der Waals surface area (Å²) in [6.45, 7) is 7.12. The van der Waals surface area contributed by atoms with Gasteiger partial charge in [0.1, 0.15) is 12.3 Å². The number of methoxy groups -OCH3 is 1. The lowest BCUT2D eigenvalue weighted by Crippen LogP contribution is -2.43. The fourth-order valence-electron chi connectivity index (χ4n) is 2.74. The van der Waals surface area contributed by atoms with Crippen molar-refractivity contribution in [1.29, 1.82) is 0 Å². The van der Waals surface area contributed by atoms with E-state index in [4.69, 9.17) is 9.47 Å². The minimum absolute atomic E-state index is 0.0454. The molecule has 4 nitrogen and oxygen atoms in total. The van der Waals surface area contributed by atoms with Gasteiger partial charge in [-0.1, -0.05) is 33.6 Å². The zero-order valence-corrected chi connectivity index (χ0v) is 12.3. The predicted molar refractivity (Wildman–Crippen MR) is 71.2 cm³/mol. The molecule has 0 radical (unpaired) electrons. The molecule has 0 aromatic carbocycles. The second-order valence-corrected chi connectivity index (χ2v) is 5.27. The van der Waals surface area contributed by atoms with Gasteiger partial charge in [-0.15, -0.1) is 0 Å². The highest BCUT2D eigenvalue weighted by molar-refractivity contribution is 5.76. The molecule has 4 atom stereocenters. The fraction of sp³-hybridized carbons (Fsp3) is 0.929. The molecule has 0 bridgehead atoms. The fourth-order valence-corrected chi connectivity index (χ4v) is 2.74. The molecule has 1 aliphatic heterocycles. The number of esters is 1. The Labute approximate surface area is 111 Å². The van der Waals surface area contributed by atoms with E-state index < -0.39 is 0 Å². The van der Waals surface area contributed by atoms with Gasteiger partial charge in [-0.25, -0.2) is 0 Å². The van der Waals surface area contributed by atoms with E-state index in [0.717, 1.165) is 19.3 Å². The van der Waals surface area contributed by atoms with Crippen molar-refractivity contribution in [2.24, 2.45) is 11.8 Å². The summed E-state index contributed by atoms with van der Waals surface area (Å²) < 4.78 is 10.7. The van der Waals surface area contributed by atoms with E-state index in [1.54, 1.807) is 0 Å². The first kappa shape index (κ1) is 15.4. The summed E-state index contributed by atoms with van der Waals surface area (Å²) in [5, 5.41) is 0. The molecule has 0 amide bonds. The number of carbonyl (C=O) groups is 1. The Bertz CT molecular complexity index is 270. The van der Waals surface area contributed by atoms with Crippen molar-refractivity contribution in [2.45, 2.75) is 52.3 Å². The summed E-state index contributed by atoms with van der Waals surface area (Å²) in [5.41, 5.74) is 0. The van der Waals surface area contributed by atoms with Crippen molar-refractivity contribution >= 4 is 5.97 Å². The third-order valence-corrected chi connectivity index (χ3v) is 4.15. The number of rotatable bonds is 6. The predicted octanol–water partition coefficient (Wildman–Crippen LogP) is 2.28. The van der Waals surface area contributed by atoms with E-state index in [0.29, 0.717) is 18.4 Å². The zero-order valence-electron chi connectivity index (χ0n) is 12.3. The second-order valence-electron chi connectivity index (χ2n) is 5.27. The monoisotopic (exact) mass is 257 g/mol. The van der Waals surface area contributed by atoms with Crippen molar-refractivity contribution in [3.63, 3.8) is 0 Å². The van der Waals surface area contributed by atoms with E-state index in [9.17, 15) is 4.79 Å². The SMILES string of the molecule is CCCC(C(C)CC)C1OCC(C(=O)OC)N1C. The molecule has 0 aliphatic carbocycles. The highest BCUT2D eigenvalue weighted by Gasteiger charge is 2.41. The Hall–Kier alpha value is -0.610. The normalized spacial score (nSPS) is 28.1. The van der Waals surface area contributed by atoms with Crippen LogP contribution in [0.2, 0.25) is 0 Å². The Morgan fingerprint density at radius 3 is 2.67 bits per heavy atom. The van der Waals surface area contributed by atoms with Gasteiger partial charge < -0.3 is 9.47 Å². The average Bonchev–Trinajstić information content (AvgIpc) is 2.76. The van der Waals surface area contributed by atoms with Crippen LogP contribution in [0.25, 0.3) is 0 Å². The lowest BCUT2D eigenvalue weighted by Gasteiger charge is -2.33. The summed E-state index contributed by atoms with van der Waals surface area (Å²) >= 11 is 0. The van der Waals surface area contributed by atoms with Crippen molar-refractivity contribution < 1.29 is 14.3 Å². The summed E-state index contributed by atoms with van der Waals surface area (Å²) in [6, 6.07) is -0.247. The molecule has 18 heavy (non-hydrogen) atoms. The van der Waals surface area contributed by atoms with Crippen molar-refractivity contribution in [3.05, 3.63) is 0 Å². The molecule has 0 N–H and O–H groups in total. The third-order valence-electron chi connectivity index (χ3n) is 4.15. The quantitative estimate of drug-likeness (QED) is 0.684. The van der Waals surface area contributed by atoms with E-state index >= 15 is 0 Å². The van der Waals surface area contributed by atoms with Gasteiger partial charge in [0.15, 0.2) is 0 Å². The van der Waals surface area contributed by atoms with Gasteiger partial charge in [-0.05, 0) is 19.4 Å². The molecule has 4 heteroatoms. The Morgan fingerprint density at radius 2 is 2.17 bits per heavy atom. The minimum Gasteiger partial charge on any atom is -0.468 e. The van der Waals surface area contributed by atoms with Crippen LogP contribution < -0.4 is 0 Å². The van der Waals surface area contributed by atoms with E-state index in [2.05, 4.69) is 20.8 Å². The molecule has 1 fully saturated rings. The molecule has 1 saturated heterocycles. The van der Waals surface area contributed by atoms with Crippen LogP contribution in [0.5, 0.6) is 0 Å². The van der Waals surface area contributed by atoms with E-state index in [-0.39, 0.29) is 18.2 Å². The Kier molecular flexibility index (Phi) is 6.09. The van der Waals surface area contributed by atoms with Crippen LogP contribution in [0.4, 0.5) is 0 Å². The van der Waals surface area contributed by atoms with Gasteiger partial charge >= 0.3 is 5.97 Å². The average molecular weight is 257 g/mol. The first-order valence-electron chi connectivity index (χ1n) is 6.98. The van der Waals surface area contributed by atoms with Crippen molar-refractivity contribution in [1.82, 2.24) is 4.90 Å². The minimum atomic E-state index is -0.247. The van der Waals surface area contributed by atoms with Gasteiger partial charge in [0.05, 0.1) is 13.7 Å². The summed E-state index contributed by atoms with van der Waals surface area (Å²) in [5.74, 6) is 0.896. The summed E-state index contributed by atoms with van der Waals surface area (Å²) in [6.07, 6.45) is 3.47.